The maximum absolute atomic E-state index is 12.5. The molecule has 0 saturated heterocycles. The van der Waals surface area contributed by atoms with Crippen molar-refractivity contribution in [1.82, 2.24) is 9.88 Å². The van der Waals surface area contributed by atoms with Gasteiger partial charge in [0.05, 0.1) is 6.54 Å². The number of hydrogen-bond donors (Lipinski definition) is 1. The van der Waals surface area contributed by atoms with Gasteiger partial charge in [0.2, 0.25) is 5.91 Å². The van der Waals surface area contributed by atoms with E-state index in [0.29, 0.717) is 12.1 Å². The minimum atomic E-state index is -4.46. The lowest BCUT2D eigenvalue weighted by Gasteiger charge is -2.16. The predicted octanol–water partition coefficient (Wildman–Crippen LogP) is 3.76. The fourth-order valence-corrected chi connectivity index (χ4v) is 2.85. The molecule has 0 atom stereocenters. The van der Waals surface area contributed by atoms with Crippen molar-refractivity contribution in [1.29, 1.82) is 0 Å². The lowest BCUT2D eigenvalue weighted by atomic mass is 10.1. The van der Waals surface area contributed by atoms with Crippen LogP contribution >= 0.6 is 23.7 Å². The Bertz CT molecular complexity index is 691. The van der Waals surface area contributed by atoms with Gasteiger partial charge in [-0.25, -0.2) is 4.98 Å². The quantitative estimate of drug-likeness (QED) is 0.805. The summed E-state index contributed by atoms with van der Waals surface area (Å²) in [6, 6.07) is 7.26. The number of aromatic nitrogens is 1. The zero-order chi connectivity index (χ0) is 17.0. The van der Waals surface area contributed by atoms with Gasteiger partial charge in [-0.2, -0.15) is 13.2 Å². The van der Waals surface area contributed by atoms with E-state index in [9.17, 15) is 18.0 Å². The number of nitrogens with zero attached hydrogens (tertiary/aromatic N) is 2. The maximum Gasteiger partial charge on any atom is 0.434 e. The Hall–Kier alpha value is -1.80. The minimum absolute atomic E-state index is 0. The molecule has 0 aliphatic carbocycles. The third-order valence-electron chi connectivity index (χ3n) is 3.30. The highest BCUT2D eigenvalue weighted by atomic mass is 35.5. The summed E-state index contributed by atoms with van der Waals surface area (Å²) in [5, 5.41) is 1.21. The van der Waals surface area contributed by atoms with Crippen LogP contribution in [-0.2, 0) is 23.9 Å². The smallest absolute Gasteiger partial charge is 0.399 e. The molecule has 0 fully saturated rings. The molecule has 2 N–H and O–H groups in total. The highest BCUT2D eigenvalue weighted by molar-refractivity contribution is 7.09. The summed E-state index contributed by atoms with van der Waals surface area (Å²) in [7, 11) is 1.55. The summed E-state index contributed by atoms with van der Waals surface area (Å²) in [5.41, 5.74) is 6.39. The first kappa shape index (κ1) is 20.2. The van der Waals surface area contributed by atoms with Gasteiger partial charge in [0.15, 0.2) is 5.69 Å². The molecular formula is C15H17ClF3N3OS. The van der Waals surface area contributed by atoms with E-state index in [0.717, 1.165) is 22.3 Å². The molecule has 24 heavy (non-hydrogen) atoms. The minimum Gasteiger partial charge on any atom is -0.399 e. The van der Waals surface area contributed by atoms with Crippen LogP contribution in [0.5, 0.6) is 0 Å². The number of halogens is 4. The fourth-order valence-electron chi connectivity index (χ4n) is 2.00. The first-order valence-corrected chi connectivity index (χ1v) is 7.74. The first-order valence-electron chi connectivity index (χ1n) is 6.86. The molecular weight excluding hydrogens is 363 g/mol. The number of alkyl halides is 3. The number of carbonyl (C=O) groups excluding carboxylic acids is 1. The number of nitrogens with two attached hydrogens (primary N) is 1. The molecule has 0 aliphatic heterocycles. The molecule has 1 amide bonds. The molecule has 1 aromatic heterocycles. The first-order chi connectivity index (χ1) is 10.8. The van der Waals surface area contributed by atoms with Gasteiger partial charge in [-0.3, -0.25) is 4.79 Å². The Labute approximate surface area is 147 Å². The second kappa shape index (κ2) is 8.34. The zero-order valence-electron chi connectivity index (χ0n) is 12.8. The Morgan fingerprint density at radius 3 is 2.58 bits per heavy atom. The van der Waals surface area contributed by atoms with Gasteiger partial charge in [0.25, 0.3) is 0 Å². The van der Waals surface area contributed by atoms with Gasteiger partial charge in [-0.05, 0) is 18.1 Å². The van der Waals surface area contributed by atoms with Crippen molar-refractivity contribution >= 4 is 35.3 Å². The van der Waals surface area contributed by atoms with Crippen molar-refractivity contribution in [3.8, 4) is 0 Å². The number of anilines is 1. The third-order valence-corrected chi connectivity index (χ3v) is 4.14. The van der Waals surface area contributed by atoms with E-state index < -0.39 is 11.9 Å². The zero-order valence-corrected chi connectivity index (χ0v) is 14.5. The van der Waals surface area contributed by atoms with Crippen LogP contribution in [0.4, 0.5) is 18.9 Å². The van der Waals surface area contributed by atoms with Crippen LogP contribution in [0.1, 0.15) is 22.7 Å². The molecule has 0 bridgehead atoms. The van der Waals surface area contributed by atoms with Crippen molar-refractivity contribution in [3.63, 3.8) is 0 Å². The Balaban J connectivity index is 0.00000288. The highest BCUT2D eigenvalue weighted by Gasteiger charge is 2.33. The van der Waals surface area contributed by atoms with E-state index in [1.54, 1.807) is 13.1 Å². The molecule has 4 nitrogen and oxygen atoms in total. The average Bonchev–Trinajstić information content (AvgIpc) is 2.94. The second-order valence-corrected chi connectivity index (χ2v) is 6.02. The summed E-state index contributed by atoms with van der Waals surface area (Å²) in [6.45, 7) is 0.0594. The molecule has 1 heterocycles. The van der Waals surface area contributed by atoms with Crippen LogP contribution in [0.25, 0.3) is 0 Å². The molecule has 0 spiro atoms. The molecule has 0 unspecified atom stereocenters. The van der Waals surface area contributed by atoms with E-state index in [-0.39, 0.29) is 36.3 Å². The van der Waals surface area contributed by atoms with Crippen LogP contribution in [0, 0.1) is 0 Å². The number of rotatable bonds is 5. The number of aryl methyl sites for hydroxylation is 1. The van der Waals surface area contributed by atoms with Crippen LogP contribution < -0.4 is 5.73 Å². The SMILES string of the molecule is CN(Cc1nc(C(F)(F)F)cs1)C(=O)CCc1ccccc1N.Cl. The molecule has 1 aromatic carbocycles. The third kappa shape index (κ3) is 5.38. The maximum atomic E-state index is 12.5. The van der Waals surface area contributed by atoms with E-state index in [2.05, 4.69) is 4.98 Å². The van der Waals surface area contributed by atoms with Gasteiger partial charge in [-0.1, -0.05) is 18.2 Å². The number of nitrogen functional groups attached to an aromatic ring is 1. The largest absolute Gasteiger partial charge is 0.434 e. The summed E-state index contributed by atoms with van der Waals surface area (Å²) in [6.07, 6.45) is -3.73. The summed E-state index contributed by atoms with van der Waals surface area (Å²) < 4.78 is 37.5. The van der Waals surface area contributed by atoms with Gasteiger partial charge >= 0.3 is 6.18 Å². The van der Waals surface area contributed by atoms with Crippen LogP contribution in [0.3, 0.4) is 0 Å². The number of hydrogen-bond acceptors (Lipinski definition) is 4. The van der Waals surface area contributed by atoms with Crippen LogP contribution in [0.2, 0.25) is 0 Å². The normalized spacial score (nSPS) is 11.0. The van der Waals surface area contributed by atoms with Crippen molar-refractivity contribution in [2.24, 2.45) is 0 Å². The van der Waals surface area contributed by atoms with E-state index in [1.165, 1.54) is 4.90 Å². The van der Waals surface area contributed by atoms with Crippen molar-refractivity contribution < 1.29 is 18.0 Å². The molecule has 0 radical (unpaired) electrons. The average molecular weight is 380 g/mol. The topological polar surface area (TPSA) is 59.2 Å². The molecule has 9 heteroatoms. The molecule has 2 rings (SSSR count). The van der Waals surface area contributed by atoms with Crippen molar-refractivity contribution in [3.05, 3.63) is 45.9 Å². The summed E-state index contributed by atoms with van der Waals surface area (Å²) >= 11 is 0.894. The van der Waals surface area contributed by atoms with E-state index in [4.69, 9.17) is 5.73 Å². The number of benzene rings is 1. The Morgan fingerprint density at radius 2 is 2.00 bits per heavy atom. The lowest BCUT2D eigenvalue weighted by Crippen LogP contribution is -2.26. The number of para-hydroxylation sites is 1. The summed E-state index contributed by atoms with van der Waals surface area (Å²) in [5.74, 6) is -0.169. The second-order valence-electron chi connectivity index (χ2n) is 5.07. The monoisotopic (exact) mass is 379 g/mol. The van der Waals surface area contributed by atoms with Crippen LogP contribution in [0.15, 0.2) is 29.6 Å². The fraction of sp³-hybridized carbons (Fsp3) is 0.333. The number of thiazole rings is 1. The highest BCUT2D eigenvalue weighted by Crippen LogP contribution is 2.30. The van der Waals surface area contributed by atoms with Crippen molar-refractivity contribution in [2.45, 2.75) is 25.6 Å². The lowest BCUT2D eigenvalue weighted by molar-refractivity contribution is -0.140. The van der Waals surface area contributed by atoms with Gasteiger partial charge < -0.3 is 10.6 Å². The predicted molar refractivity (Wildman–Crippen MR) is 90.0 cm³/mol. The van der Waals surface area contributed by atoms with E-state index in [1.807, 2.05) is 18.2 Å². The molecule has 2 aromatic rings. The number of amides is 1. The van der Waals surface area contributed by atoms with Gasteiger partial charge in [-0.15, -0.1) is 23.7 Å². The number of carbonyl (C=O) groups is 1. The molecule has 132 valence electrons. The summed E-state index contributed by atoms with van der Waals surface area (Å²) in [4.78, 5) is 17.0. The Morgan fingerprint density at radius 1 is 1.33 bits per heavy atom. The van der Waals surface area contributed by atoms with Gasteiger partial charge in [0.1, 0.15) is 5.01 Å². The Kier molecular flexibility index (Phi) is 7.04. The van der Waals surface area contributed by atoms with Crippen molar-refractivity contribution in [2.75, 3.05) is 12.8 Å². The van der Waals surface area contributed by atoms with Gasteiger partial charge in [0, 0.05) is 24.5 Å². The standard InChI is InChI=1S/C15H16F3N3OS.ClH/c1-21(8-13-20-12(9-23-13)15(16,17)18)14(22)7-6-10-4-2-3-5-11(10)19;/h2-5,9H,6-8,19H2,1H3;1H. The molecule has 0 aliphatic rings. The van der Waals surface area contributed by atoms with E-state index >= 15 is 0 Å². The molecule has 0 saturated carbocycles. The van der Waals surface area contributed by atoms with Crippen LogP contribution in [-0.4, -0.2) is 22.8 Å².